The first kappa shape index (κ1) is 14.6. The van der Waals surface area contributed by atoms with Gasteiger partial charge >= 0.3 is 0 Å². The predicted octanol–water partition coefficient (Wildman–Crippen LogP) is 5.30. The number of rotatable bonds is 6. The van der Waals surface area contributed by atoms with Gasteiger partial charge in [-0.05, 0) is 30.5 Å². The average molecular weight is 240 g/mol. The Morgan fingerprint density at radius 2 is 1.89 bits per heavy atom. The molecule has 0 aliphatic rings. The Morgan fingerprint density at radius 1 is 1.17 bits per heavy atom. The summed E-state index contributed by atoms with van der Waals surface area (Å²) < 4.78 is 0. The zero-order valence-electron chi connectivity index (χ0n) is 11.7. The van der Waals surface area contributed by atoms with Gasteiger partial charge in [0.05, 0.1) is 0 Å². The van der Waals surface area contributed by atoms with Gasteiger partial charge in [0.2, 0.25) is 0 Å². The Kier molecular flexibility index (Phi) is 6.96. The van der Waals surface area contributed by atoms with Gasteiger partial charge in [-0.25, -0.2) is 0 Å². The van der Waals surface area contributed by atoms with Crippen molar-refractivity contribution in [3.8, 4) is 11.8 Å². The number of hydrogen-bond acceptors (Lipinski definition) is 0. The van der Waals surface area contributed by atoms with Gasteiger partial charge < -0.3 is 0 Å². The van der Waals surface area contributed by atoms with Crippen LogP contribution in [0.2, 0.25) is 0 Å². The molecule has 1 atom stereocenters. The highest BCUT2D eigenvalue weighted by atomic mass is 14.1. The molecule has 0 nitrogen and oxygen atoms in total. The van der Waals surface area contributed by atoms with E-state index in [0.717, 1.165) is 18.4 Å². The molecule has 0 saturated carbocycles. The summed E-state index contributed by atoms with van der Waals surface area (Å²) in [5, 5.41) is 0. The normalized spacial score (nSPS) is 11.4. The minimum Gasteiger partial charge on any atom is -0.102 e. The van der Waals surface area contributed by atoms with Crippen molar-refractivity contribution in [3.05, 3.63) is 48.0 Å². The van der Waals surface area contributed by atoms with Gasteiger partial charge in [-0.1, -0.05) is 56.7 Å². The molecule has 0 aromatic heterocycles. The summed E-state index contributed by atoms with van der Waals surface area (Å²) in [6.45, 7) is 8.29. The molecule has 0 amide bonds. The van der Waals surface area contributed by atoms with Gasteiger partial charge in [0.25, 0.3) is 0 Å². The van der Waals surface area contributed by atoms with Gasteiger partial charge in [-0.15, -0.1) is 6.58 Å². The quantitative estimate of drug-likeness (QED) is 0.359. The van der Waals surface area contributed by atoms with Gasteiger partial charge in [-0.3, -0.25) is 0 Å². The maximum atomic E-state index is 3.88. The number of allylic oxidation sites excluding steroid dienone is 1. The van der Waals surface area contributed by atoms with E-state index in [1.165, 1.54) is 24.8 Å². The summed E-state index contributed by atoms with van der Waals surface area (Å²) in [6, 6.07) is 8.58. The largest absolute Gasteiger partial charge is 0.102 e. The van der Waals surface area contributed by atoms with Crippen LogP contribution in [0.1, 0.15) is 63.0 Å². The lowest BCUT2D eigenvalue weighted by Gasteiger charge is -2.09. The van der Waals surface area contributed by atoms with E-state index in [9.17, 15) is 0 Å². The van der Waals surface area contributed by atoms with Gasteiger partial charge in [0, 0.05) is 17.9 Å². The topological polar surface area (TPSA) is 0 Å². The van der Waals surface area contributed by atoms with E-state index in [4.69, 9.17) is 0 Å². The highest BCUT2D eigenvalue weighted by Crippen LogP contribution is 2.20. The lowest BCUT2D eigenvalue weighted by atomic mass is 9.96. The van der Waals surface area contributed by atoms with E-state index in [-0.39, 0.29) is 0 Å². The zero-order valence-corrected chi connectivity index (χ0v) is 11.7. The van der Waals surface area contributed by atoms with Crippen molar-refractivity contribution in [2.75, 3.05) is 0 Å². The van der Waals surface area contributed by atoms with Crippen molar-refractivity contribution >= 4 is 0 Å². The third-order valence-electron chi connectivity index (χ3n) is 3.20. The molecule has 0 heteroatoms. The lowest BCUT2D eigenvalue weighted by Crippen LogP contribution is -1.92. The van der Waals surface area contributed by atoms with Gasteiger partial charge in [-0.2, -0.15) is 0 Å². The zero-order chi connectivity index (χ0) is 13.2. The van der Waals surface area contributed by atoms with Crippen LogP contribution in [0.4, 0.5) is 0 Å². The van der Waals surface area contributed by atoms with E-state index in [1.807, 2.05) is 6.08 Å². The van der Waals surface area contributed by atoms with Crippen molar-refractivity contribution in [3.63, 3.8) is 0 Å². The van der Waals surface area contributed by atoms with Crippen LogP contribution in [0.3, 0.4) is 0 Å². The van der Waals surface area contributed by atoms with Crippen LogP contribution < -0.4 is 0 Å². The van der Waals surface area contributed by atoms with Crippen molar-refractivity contribution < 1.29 is 0 Å². The Hall–Kier alpha value is -1.48. The summed E-state index contributed by atoms with van der Waals surface area (Å²) in [5.41, 5.74) is 2.46. The molecular formula is C18H24. The number of unbranched alkanes of at least 4 members (excludes halogenated alkanes) is 3. The summed E-state index contributed by atoms with van der Waals surface area (Å²) >= 11 is 0. The van der Waals surface area contributed by atoms with Gasteiger partial charge in [0.15, 0.2) is 0 Å². The minimum absolute atomic E-state index is 0.469. The maximum Gasteiger partial charge on any atom is 0.0245 e. The molecule has 0 saturated heterocycles. The van der Waals surface area contributed by atoms with Crippen molar-refractivity contribution in [2.24, 2.45) is 0 Å². The first-order chi connectivity index (χ1) is 8.81. The number of hydrogen-bond donors (Lipinski definition) is 0. The Labute approximate surface area is 112 Å². The lowest BCUT2D eigenvalue weighted by molar-refractivity contribution is 0.737. The van der Waals surface area contributed by atoms with Crippen molar-refractivity contribution in [2.45, 2.75) is 51.9 Å². The average Bonchev–Trinajstić information content (AvgIpc) is 2.41. The van der Waals surface area contributed by atoms with E-state index in [0.29, 0.717) is 5.92 Å². The standard InChI is InChI=1S/C18H24/c1-4-7-8-9-10-11-16-12-14-18(15-13-16)17(5-2)6-3/h5,12-15,17H,2,4,6-9H2,1,3H3. The molecule has 18 heavy (non-hydrogen) atoms. The number of benzene rings is 1. The van der Waals surface area contributed by atoms with Crippen molar-refractivity contribution in [1.82, 2.24) is 0 Å². The minimum atomic E-state index is 0.469. The van der Waals surface area contributed by atoms with E-state index in [2.05, 4.69) is 56.5 Å². The molecule has 0 bridgehead atoms. The van der Waals surface area contributed by atoms with Crippen LogP contribution in [0.5, 0.6) is 0 Å². The first-order valence-corrected chi connectivity index (χ1v) is 7.03. The summed E-state index contributed by atoms with van der Waals surface area (Å²) in [5.74, 6) is 6.94. The second kappa shape index (κ2) is 8.59. The second-order valence-corrected chi connectivity index (χ2v) is 4.63. The molecule has 0 aliphatic carbocycles. The third-order valence-corrected chi connectivity index (χ3v) is 3.20. The second-order valence-electron chi connectivity index (χ2n) is 4.63. The molecule has 0 spiro atoms. The summed E-state index contributed by atoms with van der Waals surface area (Å²) in [7, 11) is 0. The van der Waals surface area contributed by atoms with Crippen LogP contribution in [0.25, 0.3) is 0 Å². The molecule has 0 N–H and O–H groups in total. The summed E-state index contributed by atoms with van der Waals surface area (Å²) in [6.07, 6.45) is 7.90. The molecule has 1 rings (SSSR count). The van der Waals surface area contributed by atoms with Crippen molar-refractivity contribution in [1.29, 1.82) is 0 Å². The fraction of sp³-hybridized carbons (Fsp3) is 0.444. The molecule has 96 valence electrons. The van der Waals surface area contributed by atoms with E-state index < -0.39 is 0 Å². The monoisotopic (exact) mass is 240 g/mol. The highest BCUT2D eigenvalue weighted by molar-refractivity contribution is 5.37. The Bertz CT molecular complexity index is 400. The smallest absolute Gasteiger partial charge is 0.0245 e. The SMILES string of the molecule is C=CC(CC)c1ccc(C#CCCCCC)cc1. The third kappa shape index (κ3) is 4.80. The van der Waals surface area contributed by atoms with E-state index >= 15 is 0 Å². The predicted molar refractivity (Wildman–Crippen MR) is 80.7 cm³/mol. The van der Waals surface area contributed by atoms with Crippen LogP contribution in [0.15, 0.2) is 36.9 Å². The molecule has 1 unspecified atom stereocenters. The molecule has 1 aromatic rings. The summed E-state index contributed by atoms with van der Waals surface area (Å²) in [4.78, 5) is 0. The molecule has 0 heterocycles. The molecule has 0 radical (unpaired) electrons. The van der Waals surface area contributed by atoms with Crippen LogP contribution >= 0.6 is 0 Å². The fourth-order valence-corrected chi connectivity index (χ4v) is 1.98. The fourth-order valence-electron chi connectivity index (χ4n) is 1.98. The van der Waals surface area contributed by atoms with Crippen LogP contribution in [-0.2, 0) is 0 Å². The molecular weight excluding hydrogens is 216 g/mol. The van der Waals surface area contributed by atoms with Crippen LogP contribution in [-0.4, -0.2) is 0 Å². The Morgan fingerprint density at radius 3 is 2.44 bits per heavy atom. The maximum absolute atomic E-state index is 3.88. The molecule has 1 aromatic carbocycles. The van der Waals surface area contributed by atoms with E-state index in [1.54, 1.807) is 0 Å². The highest BCUT2D eigenvalue weighted by Gasteiger charge is 2.03. The van der Waals surface area contributed by atoms with Crippen LogP contribution in [0, 0.1) is 11.8 Å². The molecule has 0 fully saturated rings. The molecule has 0 aliphatic heterocycles. The van der Waals surface area contributed by atoms with Gasteiger partial charge in [0.1, 0.15) is 0 Å². The Balaban J connectivity index is 2.57. The first-order valence-electron chi connectivity index (χ1n) is 7.03.